The smallest absolute Gasteiger partial charge is 0.231 e. The molecule has 3 aliphatic heterocycles. The van der Waals surface area contributed by atoms with Gasteiger partial charge in [-0.1, -0.05) is 0 Å². The molecule has 0 saturated carbocycles. The maximum Gasteiger partial charge on any atom is 0.231 e. The van der Waals surface area contributed by atoms with Crippen LogP contribution in [0.25, 0.3) is 11.4 Å². The first-order valence-electron chi connectivity index (χ1n) is 8.38. The number of hydrogen-bond acceptors (Lipinski definition) is 9. The fourth-order valence-electron chi connectivity index (χ4n) is 3.71. The molecule has 4 atom stereocenters. The van der Waals surface area contributed by atoms with Crippen LogP contribution < -0.4 is 14.2 Å². The van der Waals surface area contributed by atoms with Gasteiger partial charge in [0, 0.05) is 5.56 Å². The molecule has 4 heterocycles. The predicted octanol–water partition coefficient (Wildman–Crippen LogP) is -0.675. The fourth-order valence-corrected chi connectivity index (χ4v) is 4.46. The Labute approximate surface area is 154 Å². The molecule has 0 aliphatic carbocycles. The summed E-state index contributed by atoms with van der Waals surface area (Å²) in [6.45, 7) is 0.743. The summed E-state index contributed by atoms with van der Waals surface area (Å²) in [7, 11) is -3.36. The van der Waals surface area contributed by atoms with Crippen molar-refractivity contribution in [3.8, 4) is 22.9 Å². The number of aromatic nitrogens is 4. The summed E-state index contributed by atoms with van der Waals surface area (Å²) in [5.74, 6) is 1.86. The summed E-state index contributed by atoms with van der Waals surface area (Å²) in [4.78, 5) is 0. The number of nitrogens with zero attached hydrogens (tertiary/aromatic N) is 4. The molecular weight excluding hydrogens is 378 g/mol. The van der Waals surface area contributed by atoms with Crippen LogP contribution in [0.3, 0.4) is 0 Å². The van der Waals surface area contributed by atoms with E-state index in [1.807, 2.05) is 18.2 Å². The van der Waals surface area contributed by atoms with Gasteiger partial charge in [0.15, 0.2) is 17.3 Å². The zero-order valence-electron chi connectivity index (χ0n) is 14.3. The molecule has 2 aromatic rings. The van der Waals surface area contributed by atoms with Gasteiger partial charge in [0.05, 0.1) is 25.5 Å². The largest absolute Gasteiger partial charge is 0.454 e. The summed E-state index contributed by atoms with van der Waals surface area (Å²) >= 11 is 0. The van der Waals surface area contributed by atoms with Gasteiger partial charge in [0.1, 0.15) is 18.2 Å². The molecule has 0 unspecified atom stereocenters. The van der Waals surface area contributed by atoms with E-state index in [-0.39, 0.29) is 25.5 Å². The first kappa shape index (κ1) is 16.9. The molecule has 0 spiro atoms. The van der Waals surface area contributed by atoms with Crippen LogP contribution >= 0.6 is 0 Å². The first-order chi connectivity index (χ1) is 13.0. The van der Waals surface area contributed by atoms with Gasteiger partial charge in [-0.2, -0.15) is 0 Å². The predicted molar refractivity (Wildman–Crippen MR) is 89.7 cm³/mol. The van der Waals surface area contributed by atoms with Crippen LogP contribution in [0, 0.1) is 0 Å². The quantitative estimate of drug-likeness (QED) is 0.717. The van der Waals surface area contributed by atoms with E-state index in [9.17, 15) is 8.42 Å². The lowest BCUT2D eigenvalue weighted by Gasteiger charge is -2.17. The van der Waals surface area contributed by atoms with Gasteiger partial charge in [0.25, 0.3) is 0 Å². The van der Waals surface area contributed by atoms with Gasteiger partial charge in [-0.25, -0.2) is 17.8 Å². The average molecular weight is 395 g/mol. The van der Waals surface area contributed by atoms with Crippen molar-refractivity contribution < 1.29 is 27.4 Å². The second-order valence-corrected chi connectivity index (χ2v) is 8.45. The van der Waals surface area contributed by atoms with Gasteiger partial charge < -0.3 is 18.9 Å². The van der Waals surface area contributed by atoms with Crippen LogP contribution in [0.15, 0.2) is 18.2 Å². The summed E-state index contributed by atoms with van der Waals surface area (Å²) in [5, 5.41) is 12.0. The van der Waals surface area contributed by atoms with Crippen molar-refractivity contribution >= 4 is 10.0 Å². The van der Waals surface area contributed by atoms with E-state index < -0.39 is 22.2 Å². The highest BCUT2D eigenvalue weighted by Crippen LogP contribution is 2.38. The van der Waals surface area contributed by atoms with Gasteiger partial charge in [-0.05, 0) is 28.6 Å². The lowest BCUT2D eigenvalue weighted by atomic mass is 10.1. The molecule has 2 saturated heterocycles. The maximum absolute atomic E-state index is 11.5. The van der Waals surface area contributed by atoms with Crippen LogP contribution in [-0.2, 0) is 19.5 Å². The Balaban J connectivity index is 1.42. The highest BCUT2D eigenvalue weighted by Gasteiger charge is 2.50. The monoisotopic (exact) mass is 395 g/mol. The van der Waals surface area contributed by atoms with Crippen molar-refractivity contribution in [2.75, 3.05) is 26.3 Å². The molecule has 1 aromatic carbocycles. The van der Waals surface area contributed by atoms with Crippen LogP contribution in [0.1, 0.15) is 6.04 Å². The third kappa shape index (κ3) is 2.94. The molecule has 2 fully saturated rings. The summed E-state index contributed by atoms with van der Waals surface area (Å²) in [5.41, 5.74) is 0.775. The summed E-state index contributed by atoms with van der Waals surface area (Å²) < 4.78 is 49.7. The van der Waals surface area contributed by atoms with Crippen molar-refractivity contribution in [1.82, 2.24) is 24.9 Å². The van der Waals surface area contributed by atoms with Crippen molar-refractivity contribution in [1.29, 1.82) is 0 Å². The first-order valence-corrected chi connectivity index (χ1v) is 10.3. The molecule has 3 aliphatic rings. The Kier molecular flexibility index (Phi) is 3.82. The van der Waals surface area contributed by atoms with Crippen molar-refractivity contribution in [3.05, 3.63) is 18.2 Å². The minimum absolute atomic E-state index is 0.187. The third-order valence-corrected chi connectivity index (χ3v) is 5.56. The SMILES string of the molecule is CS(=O)(=O)N[C@H]1CO[C@H]2[C@@H]1OC[C@@H]2n1nnnc1-c1ccc2c(c1)OCO2. The highest BCUT2D eigenvalue weighted by molar-refractivity contribution is 7.88. The van der Waals surface area contributed by atoms with Crippen LogP contribution in [0.4, 0.5) is 0 Å². The molecule has 0 radical (unpaired) electrons. The fraction of sp³-hybridized carbons (Fsp3) is 0.533. The number of rotatable bonds is 4. The van der Waals surface area contributed by atoms with Crippen molar-refractivity contribution in [2.24, 2.45) is 0 Å². The van der Waals surface area contributed by atoms with E-state index in [0.29, 0.717) is 23.9 Å². The van der Waals surface area contributed by atoms with E-state index in [2.05, 4.69) is 20.2 Å². The molecule has 12 heteroatoms. The Bertz CT molecular complexity index is 979. The highest BCUT2D eigenvalue weighted by atomic mass is 32.2. The Morgan fingerprint density at radius 2 is 1.96 bits per heavy atom. The van der Waals surface area contributed by atoms with Crippen LogP contribution in [0.5, 0.6) is 11.5 Å². The van der Waals surface area contributed by atoms with E-state index >= 15 is 0 Å². The Hall–Kier alpha value is -2.28. The minimum Gasteiger partial charge on any atom is -0.454 e. The minimum atomic E-state index is -3.36. The number of sulfonamides is 1. The van der Waals surface area contributed by atoms with Gasteiger partial charge >= 0.3 is 0 Å². The van der Waals surface area contributed by atoms with Gasteiger partial charge in [0.2, 0.25) is 16.8 Å². The second-order valence-electron chi connectivity index (χ2n) is 6.67. The zero-order valence-corrected chi connectivity index (χ0v) is 15.1. The van der Waals surface area contributed by atoms with E-state index in [4.69, 9.17) is 18.9 Å². The number of tetrazole rings is 1. The lowest BCUT2D eigenvalue weighted by molar-refractivity contribution is 0.0626. The molecular formula is C15H17N5O6S. The van der Waals surface area contributed by atoms with Gasteiger partial charge in [-0.3, -0.25) is 0 Å². The number of ether oxygens (including phenoxy) is 4. The molecule has 1 aromatic heterocycles. The molecule has 11 nitrogen and oxygen atoms in total. The van der Waals surface area contributed by atoms with E-state index in [1.54, 1.807) is 4.68 Å². The molecule has 27 heavy (non-hydrogen) atoms. The second kappa shape index (κ2) is 6.12. The number of hydrogen-bond donors (Lipinski definition) is 1. The third-order valence-electron chi connectivity index (χ3n) is 4.83. The van der Waals surface area contributed by atoms with Crippen molar-refractivity contribution in [3.63, 3.8) is 0 Å². The number of benzene rings is 1. The zero-order chi connectivity index (χ0) is 18.6. The average Bonchev–Trinajstić information content (AvgIpc) is 3.38. The van der Waals surface area contributed by atoms with Gasteiger partial charge in [-0.15, -0.1) is 5.10 Å². The molecule has 0 amide bonds. The normalized spacial score (nSPS) is 29.2. The summed E-state index contributed by atoms with van der Waals surface area (Å²) in [6, 6.07) is 4.79. The van der Waals surface area contributed by atoms with Crippen LogP contribution in [0.2, 0.25) is 0 Å². The molecule has 5 rings (SSSR count). The number of fused-ring (bicyclic) bond motifs is 2. The molecule has 144 valence electrons. The van der Waals surface area contributed by atoms with Crippen LogP contribution in [-0.4, -0.2) is 73.1 Å². The Morgan fingerprint density at radius 1 is 1.15 bits per heavy atom. The van der Waals surface area contributed by atoms with E-state index in [1.165, 1.54) is 0 Å². The maximum atomic E-state index is 11.5. The lowest BCUT2D eigenvalue weighted by Crippen LogP contribution is -2.43. The molecule has 1 N–H and O–H groups in total. The van der Waals surface area contributed by atoms with Crippen molar-refractivity contribution in [2.45, 2.75) is 24.3 Å². The Morgan fingerprint density at radius 3 is 2.81 bits per heavy atom. The number of nitrogens with one attached hydrogen (secondary N) is 1. The topological polar surface area (TPSA) is 127 Å². The summed E-state index contributed by atoms with van der Waals surface area (Å²) in [6.07, 6.45) is 0.380. The van der Waals surface area contributed by atoms with E-state index in [0.717, 1.165) is 11.8 Å². The molecule has 0 bridgehead atoms. The standard InChI is InChI=1S/C15H17N5O6S/c1-27(21,22)17-9-5-23-14-10(6-24-13(9)14)20-15(16-18-19-20)8-2-3-11-12(4-8)26-7-25-11/h2-4,9-10,13-14,17H,5-7H2,1H3/t9-,10-,13+,14+/m0/s1.